The number of piperidine rings is 1. The maximum absolute atomic E-state index is 12.5. The van der Waals surface area contributed by atoms with E-state index in [9.17, 15) is 9.59 Å². The van der Waals surface area contributed by atoms with Crippen molar-refractivity contribution in [2.45, 2.75) is 77.9 Å². The number of benzene rings is 2. The van der Waals surface area contributed by atoms with Crippen molar-refractivity contribution in [1.29, 1.82) is 0 Å². The van der Waals surface area contributed by atoms with Gasteiger partial charge in [-0.05, 0) is 79.4 Å². The van der Waals surface area contributed by atoms with Crippen LogP contribution in [0.25, 0.3) is 6.08 Å². The number of nitrogens with one attached hydrogen (secondary N) is 1. The van der Waals surface area contributed by atoms with Crippen LogP contribution in [-0.4, -0.2) is 54.7 Å². The standard InChI is InChI=1S/C35H49N3O2/c1-8-10-11-32(34(40)36-6)37(7)25-31-22-30(17-16-27(31)9-2)28-18-20-38(21-19-28)24-26-12-14-29(15-13-26)33(39)23-35(3,4)5/h8-9,12-17,22,28,32H,1-2,10-11,18-21,23-25H2,3-7H3,(H,36,40). The first kappa shape index (κ1) is 31.5. The first-order chi connectivity index (χ1) is 19.0. The van der Waals surface area contributed by atoms with Gasteiger partial charge in [-0.1, -0.05) is 82.0 Å². The van der Waals surface area contributed by atoms with Crippen LogP contribution in [0.3, 0.4) is 0 Å². The average molecular weight is 544 g/mol. The molecule has 1 fully saturated rings. The number of nitrogens with zero attached hydrogens (tertiary/aromatic N) is 2. The third-order valence-corrected chi connectivity index (χ3v) is 7.96. The Bertz CT molecular complexity index is 1150. The van der Waals surface area contributed by atoms with Gasteiger partial charge in [0, 0.05) is 32.1 Å². The lowest BCUT2D eigenvalue weighted by molar-refractivity contribution is -0.125. The molecule has 5 heteroatoms. The quantitative estimate of drug-likeness (QED) is 0.222. The highest BCUT2D eigenvalue weighted by Gasteiger charge is 2.24. The zero-order valence-corrected chi connectivity index (χ0v) is 25.3. The number of amides is 1. The Morgan fingerprint density at radius 3 is 2.35 bits per heavy atom. The van der Waals surface area contributed by atoms with E-state index in [2.05, 4.69) is 79.4 Å². The summed E-state index contributed by atoms with van der Waals surface area (Å²) in [5, 5.41) is 2.81. The van der Waals surface area contributed by atoms with Gasteiger partial charge in [0.2, 0.25) is 5.91 Å². The molecule has 1 saturated heterocycles. The Hall–Kier alpha value is -3.02. The van der Waals surface area contributed by atoms with Gasteiger partial charge in [-0.25, -0.2) is 0 Å². The van der Waals surface area contributed by atoms with Crippen LogP contribution >= 0.6 is 0 Å². The molecule has 2 aromatic rings. The summed E-state index contributed by atoms with van der Waals surface area (Å²) in [6.07, 6.45) is 8.13. The number of rotatable bonds is 13. The van der Waals surface area contributed by atoms with Crippen molar-refractivity contribution in [2.24, 2.45) is 5.41 Å². The van der Waals surface area contributed by atoms with Crippen molar-refractivity contribution in [3.05, 3.63) is 89.5 Å². The fourth-order valence-corrected chi connectivity index (χ4v) is 5.65. The lowest BCUT2D eigenvalue weighted by atomic mass is 9.87. The second-order valence-electron chi connectivity index (χ2n) is 12.5. The highest BCUT2D eigenvalue weighted by atomic mass is 16.2. The molecular weight excluding hydrogens is 494 g/mol. The second-order valence-corrected chi connectivity index (χ2v) is 12.5. The molecule has 2 aromatic carbocycles. The van der Waals surface area contributed by atoms with E-state index in [0.29, 0.717) is 18.9 Å². The van der Waals surface area contributed by atoms with Gasteiger partial charge in [0.1, 0.15) is 0 Å². The van der Waals surface area contributed by atoms with Crippen LogP contribution in [0.2, 0.25) is 0 Å². The number of hydrogen-bond acceptors (Lipinski definition) is 4. The van der Waals surface area contributed by atoms with Gasteiger partial charge in [0.15, 0.2) is 5.78 Å². The number of ketones is 1. The number of carbonyl (C=O) groups is 2. The Morgan fingerprint density at radius 1 is 1.10 bits per heavy atom. The third kappa shape index (κ3) is 9.00. The molecule has 5 nitrogen and oxygen atoms in total. The summed E-state index contributed by atoms with van der Waals surface area (Å²) in [5.74, 6) is 0.778. The van der Waals surface area contributed by atoms with E-state index in [0.717, 1.165) is 56.4 Å². The molecule has 40 heavy (non-hydrogen) atoms. The number of carbonyl (C=O) groups excluding carboxylic acids is 2. The van der Waals surface area contributed by atoms with Crippen LogP contribution in [0.4, 0.5) is 0 Å². The van der Waals surface area contributed by atoms with Crippen LogP contribution in [0.15, 0.2) is 61.7 Å². The van der Waals surface area contributed by atoms with E-state index < -0.39 is 0 Å². The van der Waals surface area contributed by atoms with Gasteiger partial charge < -0.3 is 5.32 Å². The van der Waals surface area contributed by atoms with Gasteiger partial charge in [-0.15, -0.1) is 6.58 Å². The predicted octanol–water partition coefficient (Wildman–Crippen LogP) is 6.84. The number of hydrogen-bond donors (Lipinski definition) is 1. The van der Waals surface area contributed by atoms with E-state index in [-0.39, 0.29) is 23.1 Å². The SMILES string of the molecule is C=CCCC(C(=O)NC)N(C)Cc1cc(C2CCN(Cc3ccc(C(=O)CC(C)(C)C)cc3)CC2)ccc1C=C. The van der Waals surface area contributed by atoms with Gasteiger partial charge in [0.25, 0.3) is 0 Å². The molecule has 1 aliphatic rings. The van der Waals surface area contributed by atoms with E-state index in [1.54, 1.807) is 7.05 Å². The molecule has 1 heterocycles. The molecule has 1 atom stereocenters. The first-order valence-corrected chi connectivity index (χ1v) is 14.7. The Kier molecular flexibility index (Phi) is 11.5. The topological polar surface area (TPSA) is 52.7 Å². The maximum Gasteiger partial charge on any atom is 0.237 e. The van der Waals surface area contributed by atoms with Crippen molar-refractivity contribution >= 4 is 17.8 Å². The lowest BCUT2D eigenvalue weighted by Gasteiger charge is -2.33. The van der Waals surface area contributed by atoms with Crippen LogP contribution in [0.1, 0.15) is 91.4 Å². The molecule has 1 amide bonds. The van der Waals surface area contributed by atoms with E-state index in [1.807, 2.05) is 31.3 Å². The molecular formula is C35H49N3O2. The molecule has 1 N–H and O–H groups in total. The smallest absolute Gasteiger partial charge is 0.237 e. The minimum absolute atomic E-state index is 0.00218. The van der Waals surface area contributed by atoms with Gasteiger partial charge in [-0.3, -0.25) is 19.4 Å². The van der Waals surface area contributed by atoms with E-state index in [4.69, 9.17) is 0 Å². The highest BCUT2D eigenvalue weighted by molar-refractivity contribution is 5.96. The number of likely N-dealkylation sites (tertiary alicyclic amines) is 1. The van der Waals surface area contributed by atoms with Gasteiger partial charge in [0.05, 0.1) is 6.04 Å². The number of allylic oxidation sites excluding steroid dienone is 1. The minimum atomic E-state index is -0.196. The fourth-order valence-electron chi connectivity index (χ4n) is 5.65. The maximum atomic E-state index is 12.5. The van der Waals surface area contributed by atoms with E-state index in [1.165, 1.54) is 16.7 Å². The van der Waals surface area contributed by atoms with E-state index >= 15 is 0 Å². The molecule has 1 unspecified atom stereocenters. The predicted molar refractivity (Wildman–Crippen MR) is 167 cm³/mol. The lowest BCUT2D eigenvalue weighted by Crippen LogP contribution is -2.43. The molecule has 3 rings (SSSR count). The third-order valence-electron chi connectivity index (χ3n) is 7.96. The van der Waals surface area contributed by atoms with Crippen molar-refractivity contribution < 1.29 is 9.59 Å². The molecule has 0 bridgehead atoms. The summed E-state index contributed by atoms with van der Waals surface area (Å²) in [5.41, 5.74) is 5.78. The fraction of sp³-hybridized carbons (Fsp3) is 0.486. The van der Waals surface area contributed by atoms with Crippen molar-refractivity contribution in [3.8, 4) is 0 Å². The minimum Gasteiger partial charge on any atom is -0.358 e. The molecule has 0 aliphatic carbocycles. The van der Waals surface area contributed by atoms with Crippen molar-refractivity contribution in [3.63, 3.8) is 0 Å². The Balaban J connectivity index is 1.61. The van der Waals surface area contributed by atoms with Crippen LogP contribution in [-0.2, 0) is 17.9 Å². The van der Waals surface area contributed by atoms with Crippen molar-refractivity contribution in [1.82, 2.24) is 15.1 Å². The van der Waals surface area contributed by atoms with Crippen molar-refractivity contribution in [2.75, 3.05) is 27.2 Å². The number of Topliss-reactive ketones (excluding diaryl/α,β-unsaturated/α-hetero) is 1. The molecule has 0 spiro atoms. The second kappa shape index (κ2) is 14.6. The first-order valence-electron chi connectivity index (χ1n) is 14.7. The molecule has 0 radical (unpaired) electrons. The van der Waals surface area contributed by atoms with Crippen LogP contribution < -0.4 is 5.32 Å². The summed E-state index contributed by atoms with van der Waals surface area (Å²) in [6.45, 7) is 17.9. The summed E-state index contributed by atoms with van der Waals surface area (Å²) in [4.78, 5) is 29.7. The molecule has 1 aliphatic heterocycles. The molecule has 0 aromatic heterocycles. The summed E-state index contributed by atoms with van der Waals surface area (Å²) in [7, 11) is 3.72. The average Bonchev–Trinajstić information content (AvgIpc) is 2.93. The normalized spacial score (nSPS) is 15.6. The summed E-state index contributed by atoms with van der Waals surface area (Å²) in [6, 6.07) is 14.8. The van der Waals surface area contributed by atoms with Crippen LogP contribution in [0, 0.1) is 5.41 Å². The van der Waals surface area contributed by atoms with Gasteiger partial charge in [-0.2, -0.15) is 0 Å². The Morgan fingerprint density at radius 2 is 1.77 bits per heavy atom. The summed E-state index contributed by atoms with van der Waals surface area (Å²) >= 11 is 0. The number of likely N-dealkylation sites (N-methyl/N-ethyl adjacent to an activating group) is 2. The molecule has 0 saturated carbocycles. The van der Waals surface area contributed by atoms with Gasteiger partial charge >= 0.3 is 0 Å². The zero-order chi connectivity index (χ0) is 29.3. The zero-order valence-electron chi connectivity index (χ0n) is 25.3. The monoisotopic (exact) mass is 543 g/mol. The highest BCUT2D eigenvalue weighted by Crippen LogP contribution is 2.31. The largest absolute Gasteiger partial charge is 0.358 e. The van der Waals surface area contributed by atoms with Crippen LogP contribution in [0.5, 0.6) is 0 Å². The molecule has 216 valence electrons. The summed E-state index contributed by atoms with van der Waals surface area (Å²) < 4.78 is 0. The Labute approximate surface area is 242 Å².